The molecule has 1 heterocycles. The third-order valence-corrected chi connectivity index (χ3v) is 5.07. The number of amides is 1. The third-order valence-electron chi connectivity index (χ3n) is 5.07. The zero-order valence-corrected chi connectivity index (χ0v) is 15.0. The third kappa shape index (κ3) is 2.82. The van der Waals surface area contributed by atoms with E-state index in [1.807, 2.05) is 23.1 Å². The van der Waals surface area contributed by atoms with Gasteiger partial charge in [0.15, 0.2) is 0 Å². The largest absolute Gasteiger partial charge is 0.330 e. The van der Waals surface area contributed by atoms with Crippen LogP contribution in [-0.4, -0.2) is 10.8 Å². The topological polar surface area (TPSA) is 20.3 Å². The van der Waals surface area contributed by atoms with E-state index >= 15 is 0 Å². The second-order valence-corrected chi connectivity index (χ2v) is 7.93. The molecule has 0 fully saturated rings. The van der Waals surface area contributed by atoms with E-state index in [0.717, 1.165) is 21.9 Å². The molecule has 0 unspecified atom stereocenters. The van der Waals surface area contributed by atoms with Crippen LogP contribution in [0.4, 0.5) is 0 Å². The summed E-state index contributed by atoms with van der Waals surface area (Å²) in [4.78, 5) is 14.9. The molecule has 0 aliphatic carbocycles. The normalized spacial score (nSPS) is 14.2. The van der Waals surface area contributed by atoms with Crippen molar-refractivity contribution in [3.8, 4) is 0 Å². The van der Waals surface area contributed by atoms with Gasteiger partial charge >= 0.3 is 0 Å². The van der Waals surface area contributed by atoms with Crippen LogP contribution in [0.2, 0.25) is 0 Å². The van der Waals surface area contributed by atoms with Crippen LogP contribution >= 0.6 is 0 Å². The summed E-state index contributed by atoms with van der Waals surface area (Å²) >= 11 is 0. The Bertz CT molecular complexity index is 948. The number of fused-ring (bicyclic) bond motifs is 3. The molecule has 0 bridgehead atoms. The summed E-state index contributed by atoms with van der Waals surface area (Å²) in [7, 11) is 0. The van der Waals surface area contributed by atoms with Gasteiger partial charge in [0, 0.05) is 13.1 Å². The molecule has 126 valence electrons. The molecular weight excluding hydrogens is 306 g/mol. The van der Waals surface area contributed by atoms with Crippen molar-refractivity contribution in [2.24, 2.45) is 0 Å². The smallest absolute Gasteiger partial charge is 0.255 e. The van der Waals surface area contributed by atoms with E-state index in [2.05, 4.69) is 63.2 Å². The fourth-order valence-corrected chi connectivity index (χ4v) is 3.59. The average molecular weight is 329 g/mol. The van der Waals surface area contributed by atoms with Gasteiger partial charge in [-0.05, 0) is 32.9 Å². The summed E-state index contributed by atoms with van der Waals surface area (Å²) in [5.74, 6) is 0.145. The predicted octanol–water partition coefficient (Wildman–Crippen LogP) is 5.29. The Morgan fingerprint density at radius 3 is 2.36 bits per heavy atom. The van der Waals surface area contributed by atoms with Gasteiger partial charge in [0.25, 0.3) is 5.91 Å². The minimum atomic E-state index is 0.145. The first-order chi connectivity index (χ1) is 11.9. The van der Waals surface area contributed by atoms with E-state index in [0.29, 0.717) is 13.1 Å². The Kier molecular flexibility index (Phi) is 3.64. The Labute approximate surface area is 149 Å². The van der Waals surface area contributed by atoms with Crippen molar-refractivity contribution in [3.05, 3.63) is 82.9 Å². The molecule has 0 aromatic heterocycles. The summed E-state index contributed by atoms with van der Waals surface area (Å²) in [6.45, 7) is 8.00. The SMILES string of the molecule is CC(C)(C)c1ccc(CN2Cc3ccc4ccccc4c3C2=O)cc1. The van der Waals surface area contributed by atoms with Gasteiger partial charge in [-0.25, -0.2) is 0 Å². The maximum atomic E-state index is 13.0. The van der Waals surface area contributed by atoms with Gasteiger partial charge in [-0.15, -0.1) is 0 Å². The summed E-state index contributed by atoms with van der Waals surface area (Å²) < 4.78 is 0. The fourth-order valence-electron chi connectivity index (χ4n) is 3.59. The zero-order chi connectivity index (χ0) is 17.6. The molecule has 1 aliphatic rings. The lowest BCUT2D eigenvalue weighted by Gasteiger charge is -2.20. The van der Waals surface area contributed by atoms with Crippen LogP contribution in [0.25, 0.3) is 10.8 Å². The quantitative estimate of drug-likeness (QED) is 0.625. The minimum absolute atomic E-state index is 0.145. The Morgan fingerprint density at radius 2 is 1.64 bits per heavy atom. The van der Waals surface area contributed by atoms with E-state index < -0.39 is 0 Å². The lowest BCUT2D eigenvalue weighted by Crippen LogP contribution is -2.23. The van der Waals surface area contributed by atoms with Crippen LogP contribution in [-0.2, 0) is 18.5 Å². The van der Waals surface area contributed by atoms with Crippen LogP contribution in [0.15, 0.2) is 60.7 Å². The first kappa shape index (κ1) is 15.9. The van der Waals surface area contributed by atoms with Crippen molar-refractivity contribution in [1.29, 1.82) is 0 Å². The first-order valence-electron chi connectivity index (χ1n) is 8.83. The van der Waals surface area contributed by atoms with Crippen molar-refractivity contribution in [2.75, 3.05) is 0 Å². The molecule has 0 radical (unpaired) electrons. The van der Waals surface area contributed by atoms with Crippen LogP contribution in [0.5, 0.6) is 0 Å². The molecule has 3 aromatic carbocycles. The monoisotopic (exact) mass is 329 g/mol. The molecule has 0 spiro atoms. The minimum Gasteiger partial charge on any atom is -0.330 e. The Morgan fingerprint density at radius 1 is 0.920 bits per heavy atom. The van der Waals surface area contributed by atoms with Crippen LogP contribution < -0.4 is 0 Å². The van der Waals surface area contributed by atoms with Crippen molar-refractivity contribution >= 4 is 16.7 Å². The number of nitrogens with zero attached hydrogens (tertiary/aromatic N) is 1. The highest BCUT2D eigenvalue weighted by molar-refractivity contribution is 6.10. The van der Waals surface area contributed by atoms with E-state index in [9.17, 15) is 4.79 Å². The Balaban J connectivity index is 1.61. The summed E-state index contributed by atoms with van der Waals surface area (Å²) in [6, 6.07) is 21.0. The predicted molar refractivity (Wildman–Crippen MR) is 103 cm³/mol. The summed E-state index contributed by atoms with van der Waals surface area (Å²) in [5.41, 5.74) is 4.66. The molecule has 2 nitrogen and oxygen atoms in total. The van der Waals surface area contributed by atoms with E-state index in [4.69, 9.17) is 0 Å². The van der Waals surface area contributed by atoms with Gasteiger partial charge < -0.3 is 4.90 Å². The Hall–Kier alpha value is -2.61. The second-order valence-electron chi connectivity index (χ2n) is 7.93. The van der Waals surface area contributed by atoms with Crippen molar-refractivity contribution in [2.45, 2.75) is 39.3 Å². The molecule has 25 heavy (non-hydrogen) atoms. The van der Waals surface area contributed by atoms with Gasteiger partial charge in [0.2, 0.25) is 0 Å². The first-order valence-corrected chi connectivity index (χ1v) is 8.83. The standard InChI is InChI=1S/C23H23NO/c1-23(2,3)19-12-8-16(9-13-19)14-24-15-18-11-10-17-6-4-5-7-20(17)21(18)22(24)25/h4-13H,14-15H2,1-3H3. The molecule has 0 N–H and O–H groups in total. The highest BCUT2D eigenvalue weighted by Gasteiger charge is 2.29. The summed E-state index contributed by atoms with van der Waals surface area (Å²) in [5, 5.41) is 2.20. The molecule has 1 aliphatic heterocycles. The van der Waals surface area contributed by atoms with Crippen molar-refractivity contribution in [3.63, 3.8) is 0 Å². The van der Waals surface area contributed by atoms with E-state index in [1.165, 1.54) is 11.1 Å². The van der Waals surface area contributed by atoms with Crippen molar-refractivity contribution in [1.82, 2.24) is 4.90 Å². The maximum Gasteiger partial charge on any atom is 0.255 e. The molecular formula is C23H23NO. The van der Waals surface area contributed by atoms with Gasteiger partial charge in [0.05, 0.1) is 5.56 Å². The van der Waals surface area contributed by atoms with Crippen molar-refractivity contribution < 1.29 is 4.79 Å². The van der Waals surface area contributed by atoms with E-state index in [-0.39, 0.29) is 11.3 Å². The molecule has 0 saturated heterocycles. The number of benzene rings is 3. The van der Waals surface area contributed by atoms with Crippen LogP contribution in [0.3, 0.4) is 0 Å². The maximum absolute atomic E-state index is 13.0. The van der Waals surface area contributed by atoms with Gasteiger partial charge in [-0.1, -0.05) is 81.4 Å². The second kappa shape index (κ2) is 5.73. The number of rotatable bonds is 2. The van der Waals surface area contributed by atoms with Crippen LogP contribution in [0.1, 0.15) is 47.8 Å². The molecule has 1 amide bonds. The lowest BCUT2D eigenvalue weighted by molar-refractivity contribution is 0.0768. The summed E-state index contributed by atoms with van der Waals surface area (Å²) in [6.07, 6.45) is 0. The zero-order valence-electron chi connectivity index (χ0n) is 15.0. The highest BCUT2D eigenvalue weighted by Crippen LogP contribution is 2.31. The molecule has 0 atom stereocenters. The van der Waals surface area contributed by atoms with Gasteiger partial charge in [-0.3, -0.25) is 4.79 Å². The molecule has 4 rings (SSSR count). The fraction of sp³-hybridized carbons (Fsp3) is 0.261. The highest BCUT2D eigenvalue weighted by atomic mass is 16.2. The lowest BCUT2D eigenvalue weighted by atomic mass is 9.87. The molecule has 2 heteroatoms. The average Bonchev–Trinajstić information content (AvgIpc) is 2.91. The van der Waals surface area contributed by atoms with Crippen LogP contribution in [0, 0.1) is 0 Å². The molecule has 3 aromatic rings. The number of hydrogen-bond donors (Lipinski definition) is 0. The number of carbonyl (C=O) groups is 1. The number of hydrogen-bond acceptors (Lipinski definition) is 1. The number of carbonyl (C=O) groups excluding carboxylic acids is 1. The van der Waals surface area contributed by atoms with E-state index in [1.54, 1.807) is 0 Å². The van der Waals surface area contributed by atoms with Gasteiger partial charge in [-0.2, -0.15) is 0 Å². The molecule has 0 saturated carbocycles. The van der Waals surface area contributed by atoms with Gasteiger partial charge in [0.1, 0.15) is 0 Å².